The van der Waals surface area contributed by atoms with Gasteiger partial charge in [-0.3, -0.25) is 9.00 Å². The van der Waals surface area contributed by atoms with Crippen molar-refractivity contribution in [2.45, 2.75) is 11.8 Å². The first-order chi connectivity index (χ1) is 9.12. The van der Waals surface area contributed by atoms with Crippen molar-refractivity contribution in [3.63, 3.8) is 0 Å². The molecule has 0 saturated heterocycles. The molecule has 1 N–H and O–H groups in total. The van der Waals surface area contributed by atoms with Gasteiger partial charge in [0, 0.05) is 50.1 Å². The van der Waals surface area contributed by atoms with E-state index in [9.17, 15) is 17.4 Å². The van der Waals surface area contributed by atoms with Gasteiger partial charge in [-0.15, -0.1) is 0 Å². The van der Waals surface area contributed by atoms with Gasteiger partial charge in [0.15, 0.2) is 0 Å². The normalized spacial score (nSPS) is 13.0. The predicted octanol–water partition coefficient (Wildman–Crippen LogP) is 1.79. The van der Waals surface area contributed by atoms with Gasteiger partial charge in [0.2, 0.25) is 0 Å². The van der Waals surface area contributed by atoms with Crippen molar-refractivity contribution in [2.24, 2.45) is 0 Å². The number of halogens is 2. The Kier molecular flexibility index (Phi) is 6.18. The van der Waals surface area contributed by atoms with Gasteiger partial charge >= 0.3 is 0 Å². The second-order valence-electron chi connectivity index (χ2n) is 4.05. The highest BCUT2D eigenvalue weighted by Gasteiger charge is 2.18. The molecular formula is C11H13BrClNO4S2. The van der Waals surface area contributed by atoms with Crippen LogP contribution in [-0.2, 0) is 19.9 Å². The van der Waals surface area contributed by atoms with E-state index in [1.807, 2.05) is 0 Å². The smallest absolute Gasteiger partial charge is 0.261 e. The molecule has 1 aromatic carbocycles. The molecule has 1 amide bonds. The van der Waals surface area contributed by atoms with Gasteiger partial charge in [0.25, 0.3) is 15.0 Å². The van der Waals surface area contributed by atoms with Crippen molar-refractivity contribution in [1.82, 2.24) is 5.32 Å². The van der Waals surface area contributed by atoms with Crippen LogP contribution >= 0.6 is 26.6 Å². The molecular weight excluding hydrogens is 390 g/mol. The fraction of sp³-hybridized carbons (Fsp3) is 0.364. The highest BCUT2D eigenvalue weighted by atomic mass is 79.9. The number of amides is 1. The first-order valence-electron chi connectivity index (χ1n) is 5.46. The van der Waals surface area contributed by atoms with E-state index in [1.165, 1.54) is 18.4 Å². The molecule has 0 heterocycles. The van der Waals surface area contributed by atoms with Crippen LogP contribution in [0, 0.1) is 6.92 Å². The number of rotatable bonds is 5. The van der Waals surface area contributed by atoms with Crippen LogP contribution < -0.4 is 5.32 Å². The van der Waals surface area contributed by atoms with Crippen molar-refractivity contribution in [2.75, 3.05) is 18.6 Å². The van der Waals surface area contributed by atoms with Gasteiger partial charge in [-0.25, -0.2) is 8.42 Å². The van der Waals surface area contributed by atoms with Crippen molar-refractivity contribution >= 4 is 52.4 Å². The molecule has 9 heteroatoms. The molecule has 1 aromatic rings. The van der Waals surface area contributed by atoms with E-state index in [0.29, 0.717) is 15.8 Å². The van der Waals surface area contributed by atoms with Gasteiger partial charge < -0.3 is 5.32 Å². The fourth-order valence-electron chi connectivity index (χ4n) is 1.43. The Morgan fingerprint density at radius 1 is 1.45 bits per heavy atom. The molecule has 0 spiro atoms. The molecule has 0 bridgehead atoms. The lowest BCUT2D eigenvalue weighted by molar-refractivity contribution is 0.0955. The molecule has 1 rings (SSSR count). The molecule has 0 aromatic heterocycles. The summed E-state index contributed by atoms with van der Waals surface area (Å²) in [6.07, 6.45) is 1.54. The maximum absolute atomic E-state index is 12.0. The highest BCUT2D eigenvalue weighted by molar-refractivity contribution is 9.10. The number of carbonyl (C=O) groups is 1. The lowest BCUT2D eigenvalue weighted by atomic mass is 10.1. The second-order valence-corrected chi connectivity index (χ2v) is 9.02. The third-order valence-corrected chi connectivity index (χ3v) is 5.46. The topological polar surface area (TPSA) is 80.3 Å². The van der Waals surface area contributed by atoms with Crippen LogP contribution in [-0.4, -0.2) is 37.1 Å². The maximum atomic E-state index is 12.0. The van der Waals surface area contributed by atoms with Gasteiger partial charge in [-0.2, -0.15) is 0 Å². The number of hydrogen-bond acceptors (Lipinski definition) is 4. The monoisotopic (exact) mass is 401 g/mol. The summed E-state index contributed by atoms with van der Waals surface area (Å²) in [6.45, 7) is 1.93. The summed E-state index contributed by atoms with van der Waals surface area (Å²) < 4.78 is 34.1. The van der Waals surface area contributed by atoms with Crippen molar-refractivity contribution in [3.05, 3.63) is 27.7 Å². The van der Waals surface area contributed by atoms with Crippen LogP contribution in [0.25, 0.3) is 0 Å². The summed E-state index contributed by atoms with van der Waals surface area (Å²) in [5.74, 6) is -0.102. The van der Waals surface area contributed by atoms with Crippen molar-refractivity contribution in [1.29, 1.82) is 0 Å². The first-order valence-corrected chi connectivity index (χ1v) is 10.3. The summed E-state index contributed by atoms with van der Waals surface area (Å²) in [5.41, 5.74) is 0.810. The molecule has 5 nitrogen and oxygen atoms in total. The lowest BCUT2D eigenvalue weighted by Crippen LogP contribution is -2.28. The number of nitrogens with one attached hydrogen (secondary N) is 1. The summed E-state index contributed by atoms with van der Waals surface area (Å²) in [4.78, 5) is 11.9. The van der Waals surface area contributed by atoms with Crippen molar-refractivity contribution < 1.29 is 17.4 Å². The van der Waals surface area contributed by atoms with Crippen LogP contribution in [0.4, 0.5) is 0 Å². The zero-order valence-electron chi connectivity index (χ0n) is 10.8. The largest absolute Gasteiger partial charge is 0.351 e. The molecule has 0 aliphatic carbocycles. The van der Waals surface area contributed by atoms with Crippen LogP contribution in [0.5, 0.6) is 0 Å². The SMILES string of the molecule is Cc1c(Br)cc(S(=O)(=O)Cl)cc1C(=O)NCCS(C)=O. The van der Waals surface area contributed by atoms with Gasteiger partial charge in [-0.05, 0) is 24.6 Å². The lowest BCUT2D eigenvalue weighted by Gasteiger charge is -2.10. The molecule has 1 atom stereocenters. The average Bonchev–Trinajstić information content (AvgIpc) is 2.30. The minimum absolute atomic E-state index is 0.152. The Morgan fingerprint density at radius 3 is 2.55 bits per heavy atom. The molecule has 1 unspecified atom stereocenters. The number of benzene rings is 1. The fourth-order valence-corrected chi connectivity index (χ4v) is 3.22. The molecule has 112 valence electrons. The van der Waals surface area contributed by atoms with E-state index < -0.39 is 25.8 Å². The quantitative estimate of drug-likeness (QED) is 0.762. The Balaban J connectivity index is 3.08. The third-order valence-electron chi connectivity index (χ3n) is 2.52. The summed E-state index contributed by atoms with van der Waals surface area (Å²) >= 11 is 3.20. The zero-order chi connectivity index (χ0) is 15.5. The zero-order valence-corrected chi connectivity index (χ0v) is 14.7. The van der Waals surface area contributed by atoms with Gasteiger partial charge in [-0.1, -0.05) is 15.9 Å². The van der Waals surface area contributed by atoms with Crippen LogP contribution in [0.3, 0.4) is 0 Å². The summed E-state index contributed by atoms with van der Waals surface area (Å²) in [6, 6.07) is 2.57. The molecule has 0 fully saturated rings. The summed E-state index contributed by atoms with van der Waals surface area (Å²) in [7, 11) is 0.359. The van der Waals surface area contributed by atoms with E-state index in [0.717, 1.165) is 0 Å². The predicted molar refractivity (Wildman–Crippen MR) is 83.2 cm³/mol. The van der Waals surface area contributed by atoms with Crippen molar-refractivity contribution in [3.8, 4) is 0 Å². The highest BCUT2D eigenvalue weighted by Crippen LogP contribution is 2.26. The van der Waals surface area contributed by atoms with E-state index in [4.69, 9.17) is 10.7 Å². The number of carbonyl (C=O) groups excluding carboxylic acids is 1. The molecule has 0 aliphatic rings. The van der Waals surface area contributed by atoms with Crippen LogP contribution in [0.15, 0.2) is 21.5 Å². The Morgan fingerprint density at radius 2 is 2.05 bits per heavy atom. The molecule has 20 heavy (non-hydrogen) atoms. The Bertz CT molecular complexity index is 661. The van der Waals surface area contributed by atoms with Crippen LogP contribution in [0.1, 0.15) is 15.9 Å². The minimum atomic E-state index is -3.92. The van der Waals surface area contributed by atoms with Gasteiger partial charge in [0.05, 0.1) is 4.90 Å². The standard InChI is InChI=1S/C11H13BrClNO4S2/c1-7-9(11(15)14-3-4-19(2)16)5-8(6-10(7)12)20(13,17)18/h5-6H,3-4H2,1-2H3,(H,14,15). The third kappa shape index (κ3) is 4.83. The van der Waals surface area contributed by atoms with Crippen LogP contribution in [0.2, 0.25) is 0 Å². The van der Waals surface area contributed by atoms with Gasteiger partial charge in [0.1, 0.15) is 0 Å². The Hall–Kier alpha value is -0.440. The summed E-state index contributed by atoms with van der Waals surface area (Å²) in [5, 5.41) is 2.59. The average molecular weight is 403 g/mol. The molecule has 0 radical (unpaired) electrons. The maximum Gasteiger partial charge on any atom is 0.261 e. The minimum Gasteiger partial charge on any atom is -0.351 e. The van der Waals surface area contributed by atoms with E-state index in [-0.39, 0.29) is 17.0 Å². The second kappa shape index (κ2) is 7.02. The first kappa shape index (κ1) is 17.6. The van der Waals surface area contributed by atoms with E-state index in [1.54, 1.807) is 6.92 Å². The Labute approximate surface area is 133 Å². The van der Waals surface area contributed by atoms with E-state index in [2.05, 4.69) is 21.2 Å². The molecule has 0 saturated carbocycles. The number of hydrogen-bond donors (Lipinski definition) is 1. The van der Waals surface area contributed by atoms with E-state index >= 15 is 0 Å². The molecule has 0 aliphatic heterocycles.